The summed E-state index contributed by atoms with van der Waals surface area (Å²) < 4.78 is 0. The molecule has 0 aliphatic carbocycles. The number of halogens is 1. The third kappa shape index (κ3) is 2.11. The Morgan fingerprint density at radius 1 is 1.00 bits per heavy atom. The summed E-state index contributed by atoms with van der Waals surface area (Å²) in [6, 6.07) is 11.9. The van der Waals surface area contributed by atoms with Gasteiger partial charge >= 0.3 is 0 Å². The number of pyridine rings is 1. The van der Waals surface area contributed by atoms with Gasteiger partial charge < -0.3 is 0 Å². The van der Waals surface area contributed by atoms with E-state index in [-0.39, 0.29) is 0 Å². The van der Waals surface area contributed by atoms with Crippen LogP contribution < -0.4 is 0 Å². The molecule has 0 aliphatic heterocycles. The van der Waals surface area contributed by atoms with Gasteiger partial charge in [0.1, 0.15) is 0 Å². The Hall–Kier alpha value is -1.81. The Labute approximate surface area is 113 Å². The Morgan fingerprint density at radius 3 is 2.83 bits per heavy atom. The first-order valence-corrected chi connectivity index (χ1v) is 6.72. The molecule has 0 amide bonds. The van der Waals surface area contributed by atoms with E-state index in [1.165, 1.54) is 0 Å². The molecule has 0 unspecified atom stereocenters. The van der Waals surface area contributed by atoms with Crippen molar-refractivity contribution in [2.45, 2.75) is 5.33 Å². The lowest BCUT2D eigenvalue weighted by molar-refractivity contribution is 1.10. The molecule has 0 N–H and O–H groups in total. The second kappa shape index (κ2) is 4.82. The fourth-order valence-corrected chi connectivity index (χ4v) is 2.14. The van der Waals surface area contributed by atoms with Crippen LogP contribution in [0.2, 0.25) is 0 Å². The molecular formula is C14H10BrN3. The molecule has 88 valence electrons. The maximum atomic E-state index is 4.49. The number of fused-ring (bicyclic) bond motifs is 1. The number of hydrogen-bond acceptors (Lipinski definition) is 3. The average Bonchev–Trinajstić information content (AvgIpc) is 2.47. The molecular weight excluding hydrogens is 290 g/mol. The maximum Gasteiger partial charge on any atom is 0.159 e. The second-order valence-corrected chi connectivity index (χ2v) is 4.48. The zero-order valence-corrected chi connectivity index (χ0v) is 11.1. The molecule has 0 saturated carbocycles. The SMILES string of the molecule is BrCc1ccnc(-c2ccc3ncccc3c2)n1. The highest BCUT2D eigenvalue weighted by Crippen LogP contribution is 2.20. The van der Waals surface area contributed by atoms with Crippen molar-refractivity contribution in [2.75, 3.05) is 0 Å². The molecule has 2 heterocycles. The zero-order chi connectivity index (χ0) is 12.4. The lowest BCUT2D eigenvalue weighted by atomic mass is 10.1. The summed E-state index contributed by atoms with van der Waals surface area (Å²) in [5.74, 6) is 0.748. The highest BCUT2D eigenvalue weighted by molar-refractivity contribution is 9.08. The molecule has 4 heteroatoms. The van der Waals surface area contributed by atoms with Crippen LogP contribution in [0.1, 0.15) is 5.69 Å². The maximum absolute atomic E-state index is 4.49. The minimum atomic E-state index is 0.734. The van der Waals surface area contributed by atoms with Gasteiger partial charge in [0.15, 0.2) is 5.82 Å². The van der Waals surface area contributed by atoms with Crippen molar-refractivity contribution in [1.29, 1.82) is 0 Å². The molecule has 0 fully saturated rings. The molecule has 3 aromatic rings. The summed E-state index contributed by atoms with van der Waals surface area (Å²) in [6.07, 6.45) is 3.58. The molecule has 0 spiro atoms. The fraction of sp³-hybridized carbons (Fsp3) is 0.0714. The molecule has 0 aliphatic rings. The highest BCUT2D eigenvalue weighted by Gasteiger charge is 2.03. The van der Waals surface area contributed by atoms with Gasteiger partial charge in [0, 0.05) is 28.7 Å². The molecule has 0 saturated heterocycles. The van der Waals surface area contributed by atoms with Crippen molar-refractivity contribution in [2.24, 2.45) is 0 Å². The van der Waals surface area contributed by atoms with E-state index in [4.69, 9.17) is 0 Å². The standard InChI is InChI=1S/C14H10BrN3/c15-9-12-5-7-17-14(18-12)11-3-4-13-10(8-11)2-1-6-16-13/h1-8H,9H2. The number of rotatable bonds is 2. The van der Waals surface area contributed by atoms with E-state index in [1.807, 2.05) is 30.3 Å². The van der Waals surface area contributed by atoms with Crippen molar-refractivity contribution in [1.82, 2.24) is 15.0 Å². The lowest BCUT2D eigenvalue weighted by Gasteiger charge is -2.03. The van der Waals surface area contributed by atoms with Crippen LogP contribution in [0.15, 0.2) is 48.8 Å². The highest BCUT2D eigenvalue weighted by atomic mass is 79.9. The largest absolute Gasteiger partial charge is 0.256 e. The Balaban J connectivity index is 2.13. The predicted octanol–water partition coefficient (Wildman–Crippen LogP) is 3.59. The van der Waals surface area contributed by atoms with Crippen molar-refractivity contribution < 1.29 is 0 Å². The third-order valence-corrected chi connectivity index (χ3v) is 3.29. The number of aromatic nitrogens is 3. The summed E-state index contributed by atoms with van der Waals surface area (Å²) in [5.41, 5.74) is 2.97. The van der Waals surface area contributed by atoms with Crippen LogP contribution >= 0.6 is 15.9 Å². The first-order valence-electron chi connectivity index (χ1n) is 5.60. The van der Waals surface area contributed by atoms with Gasteiger partial charge in [-0.2, -0.15) is 0 Å². The summed E-state index contributed by atoms with van der Waals surface area (Å²) >= 11 is 3.40. The van der Waals surface area contributed by atoms with Crippen molar-refractivity contribution in [3.63, 3.8) is 0 Å². The molecule has 18 heavy (non-hydrogen) atoms. The molecule has 3 rings (SSSR count). The number of nitrogens with zero attached hydrogens (tertiary/aromatic N) is 3. The predicted molar refractivity (Wildman–Crippen MR) is 75.4 cm³/mol. The van der Waals surface area contributed by atoms with E-state index in [1.54, 1.807) is 12.4 Å². The van der Waals surface area contributed by atoms with Gasteiger partial charge in [-0.15, -0.1) is 0 Å². The van der Waals surface area contributed by atoms with Crippen LogP contribution in [-0.2, 0) is 5.33 Å². The summed E-state index contributed by atoms with van der Waals surface area (Å²) in [4.78, 5) is 13.1. The van der Waals surface area contributed by atoms with Crippen LogP contribution in [0.3, 0.4) is 0 Å². The zero-order valence-electron chi connectivity index (χ0n) is 9.55. The number of benzene rings is 1. The number of hydrogen-bond donors (Lipinski definition) is 0. The van der Waals surface area contributed by atoms with Crippen LogP contribution in [0, 0.1) is 0 Å². The smallest absolute Gasteiger partial charge is 0.159 e. The monoisotopic (exact) mass is 299 g/mol. The summed E-state index contributed by atoms with van der Waals surface area (Å²) in [7, 11) is 0. The van der Waals surface area contributed by atoms with Crippen LogP contribution in [0.5, 0.6) is 0 Å². The first-order chi connectivity index (χ1) is 8.86. The molecule has 0 radical (unpaired) electrons. The van der Waals surface area contributed by atoms with Gasteiger partial charge in [-0.1, -0.05) is 22.0 Å². The third-order valence-electron chi connectivity index (χ3n) is 2.71. The van der Waals surface area contributed by atoms with E-state index in [2.05, 4.69) is 36.9 Å². The summed E-state index contributed by atoms with van der Waals surface area (Å²) in [5, 5.41) is 1.83. The molecule has 3 nitrogen and oxygen atoms in total. The molecule has 1 aromatic carbocycles. The lowest BCUT2D eigenvalue weighted by Crippen LogP contribution is -1.92. The van der Waals surface area contributed by atoms with Gasteiger partial charge in [0.25, 0.3) is 0 Å². The van der Waals surface area contributed by atoms with E-state index in [0.29, 0.717) is 0 Å². The van der Waals surface area contributed by atoms with E-state index in [9.17, 15) is 0 Å². The van der Waals surface area contributed by atoms with Gasteiger partial charge in [-0.25, -0.2) is 9.97 Å². The van der Waals surface area contributed by atoms with Gasteiger partial charge in [-0.05, 0) is 30.3 Å². The average molecular weight is 300 g/mol. The molecule has 0 bridgehead atoms. The van der Waals surface area contributed by atoms with Crippen LogP contribution in [0.25, 0.3) is 22.3 Å². The Morgan fingerprint density at radius 2 is 1.94 bits per heavy atom. The van der Waals surface area contributed by atoms with Crippen molar-refractivity contribution >= 4 is 26.8 Å². The second-order valence-electron chi connectivity index (χ2n) is 3.92. The van der Waals surface area contributed by atoms with Crippen molar-refractivity contribution in [3.8, 4) is 11.4 Å². The topological polar surface area (TPSA) is 38.7 Å². The van der Waals surface area contributed by atoms with Gasteiger partial charge in [-0.3, -0.25) is 4.98 Å². The van der Waals surface area contributed by atoms with Crippen molar-refractivity contribution in [3.05, 3.63) is 54.5 Å². The van der Waals surface area contributed by atoms with E-state index >= 15 is 0 Å². The first kappa shape index (κ1) is 11.3. The van der Waals surface area contributed by atoms with E-state index in [0.717, 1.165) is 33.3 Å². The summed E-state index contributed by atoms with van der Waals surface area (Å²) in [6.45, 7) is 0. The number of alkyl halides is 1. The molecule has 0 atom stereocenters. The fourth-order valence-electron chi connectivity index (χ4n) is 1.82. The Kier molecular flexibility index (Phi) is 3.02. The van der Waals surface area contributed by atoms with Crippen LogP contribution in [0.4, 0.5) is 0 Å². The molecule has 2 aromatic heterocycles. The van der Waals surface area contributed by atoms with Gasteiger partial charge in [0.05, 0.1) is 11.2 Å². The minimum absolute atomic E-state index is 0.734. The van der Waals surface area contributed by atoms with Gasteiger partial charge in [0.2, 0.25) is 0 Å². The van der Waals surface area contributed by atoms with E-state index < -0.39 is 0 Å². The quantitative estimate of drug-likeness (QED) is 0.679. The van der Waals surface area contributed by atoms with Crippen LogP contribution in [-0.4, -0.2) is 15.0 Å². The Bertz CT molecular complexity index is 697. The minimum Gasteiger partial charge on any atom is -0.256 e. The normalized spacial score (nSPS) is 10.7.